The van der Waals surface area contributed by atoms with Crippen LogP contribution >= 0.6 is 0 Å². The summed E-state index contributed by atoms with van der Waals surface area (Å²) in [6.45, 7) is 1.32. The van der Waals surface area contributed by atoms with Crippen molar-refractivity contribution in [2.24, 2.45) is 0 Å². The first-order chi connectivity index (χ1) is 13.0. The van der Waals surface area contributed by atoms with Crippen LogP contribution in [0.2, 0.25) is 0 Å². The SMILES string of the molecule is CN(C)C(=O)C1(n2ccnc2)CCCN(C(=O)CCOc2ccccc2)C1. The van der Waals surface area contributed by atoms with Crippen molar-refractivity contribution in [1.82, 2.24) is 19.4 Å². The lowest BCUT2D eigenvalue weighted by atomic mass is 9.87. The first-order valence-electron chi connectivity index (χ1n) is 9.19. The van der Waals surface area contributed by atoms with Gasteiger partial charge in [-0.25, -0.2) is 4.98 Å². The van der Waals surface area contributed by atoms with Crippen LogP contribution in [0.15, 0.2) is 49.1 Å². The summed E-state index contributed by atoms with van der Waals surface area (Å²) >= 11 is 0. The molecule has 0 radical (unpaired) electrons. The number of hydrogen-bond donors (Lipinski definition) is 0. The second-order valence-corrected chi connectivity index (χ2v) is 7.03. The minimum Gasteiger partial charge on any atom is -0.493 e. The molecule has 1 fully saturated rings. The Kier molecular flexibility index (Phi) is 5.78. The molecule has 1 atom stereocenters. The molecule has 1 unspecified atom stereocenters. The molecule has 2 aromatic rings. The van der Waals surface area contributed by atoms with Crippen LogP contribution in [-0.4, -0.2) is 65.0 Å². The Hall–Kier alpha value is -2.83. The van der Waals surface area contributed by atoms with E-state index in [0.29, 0.717) is 26.1 Å². The molecule has 0 N–H and O–H groups in total. The summed E-state index contributed by atoms with van der Waals surface area (Å²) in [7, 11) is 3.49. The van der Waals surface area contributed by atoms with Crippen molar-refractivity contribution < 1.29 is 14.3 Å². The number of amides is 2. The highest BCUT2D eigenvalue weighted by Crippen LogP contribution is 2.31. The third kappa shape index (κ3) is 4.13. The fourth-order valence-electron chi connectivity index (χ4n) is 3.60. The van der Waals surface area contributed by atoms with Crippen LogP contribution in [0.25, 0.3) is 0 Å². The predicted octanol–water partition coefficient (Wildman–Crippen LogP) is 1.76. The van der Waals surface area contributed by atoms with Crippen LogP contribution in [0.1, 0.15) is 19.3 Å². The zero-order valence-electron chi connectivity index (χ0n) is 15.9. The van der Waals surface area contributed by atoms with Crippen LogP contribution in [0.3, 0.4) is 0 Å². The maximum atomic E-state index is 13.0. The number of ether oxygens (including phenoxy) is 1. The van der Waals surface area contributed by atoms with Gasteiger partial charge in [-0.1, -0.05) is 18.2 Å². The number of piperidine rings is 1. The Morgan fingerprint density at radius 3 is 2.70 bits per heavy atom. The number of hydrogen-bond acceptors (Lipinski definition) is 4. The normalized spacial score (nSPS) is 19.6. The van der Waals surface area contributed by atoms with E-state index in [0.717, 1.165) is 12.2 Å². The molecule has 7 nitrogen and oxygen atoms in total. The van der Waals surface area contributed by atoms with Gasteiger partial charge in [0, 0.05) is 33.0 Å². The summed E-state index contributed by atoms with van der Waals surface area (Å²) < 4.78 is 7.48. The van der Waals surface area contributed by atoms with Gasteiger partial charge in [-0.2, -0.15) is 0 Å². The smallest absolute Gasteiger partial charge is 0.250 e. The summed E-state index contributed by atoms with van der Waals surface area (Å²) in [5, 5.41) is 0. The first kappa shape index (κ1) is 18.9. The van der Waals surface area contributed by atoms with E-state index < -0.39 is 5.54 Å². The van der Waals surface area contributed by atoms with E-state index in [-0.39, 0.29) is 18.2 Å². The van der Waals surface area contributed by atoms with Gasteiger partial charge in [0.05, 0.1) is 25.9 Å². The largest absolute Gasteiger partial charge is 0.493 e. The molecule has 27 heavy (non-hydrogen) atoms. The van der Waals surface area contributed by atoms with E-state index in [1.807, 2.05) is 34.9 Å². The minimum absolute atomic E-state index is 0.00155. The van der Waals surface area contributed by atoms with Crippen molar-refractivity contribution in [2.75, 3.05) is 33.8 Å². The number of likely N-dealkylation sites (tertiary alicyclic amines) is 1. The maximum absolute atomic E-state index is 13.0. The zero-order valence-corrected chi connectivity index (χ0v) is 15.9. The average molecular weight is 370 g/mol. The summed E-state index contributed by atoms with van der Waals surface area (Å²) in [5.41, 5.74) is -0.797. The standard InChI is InChI=1S/C20H26N4O3/c1-22(2)19(26)20(24-13-11-21-16-24)10-6-12-23(15-20)18(25)9-14-27-17-7-4-3-5-8-17/h3-5,7-8,11,13,16H,6,9-10,12,14-15H2,1-2H3. The van der Waals surface area contributed by atoms with Gasteiger partial charge in [-0.3, -0.25) is 9.59 Å². The Bertz CT molecular complexity index is 761. The predicted molar refractivity (Wildman–Crippen MR) is 101 cm³/mol. The molecular formula is C20H26N4O3. The van der Waals surface area contributed by atoms with E-state index in [4.69, 9.17) is 4.74 Å². The zero-order chi connectivity index (χ0) is 19.3. The van der Waals surface area contributed by atoms with Crippen LogP contribution < -0.4 is 4.74 Å². The number of imidazole rings is 1. The van der Waals surface area contributed by atoms with Crippen LogP contribution in [-0.2, 0) is 15.1 Å². The number of nitrogens with zero attached hydrogens (tertiary/aromatic N) is 4. The van der Waals surface area contributed by atoms with E-state index in [1.54, 1.807) is 42.6 Å². The molecule has 1 saturated heterocycles. The molecule has 2 heterocycles. The molecule has 1 aromatic heterocycles. The number of carbonyl (C=O) groups is 2. The molecule has 7 heteroatoms. The first-order valence-corrected chi connectivity index (χ1v) is 9.19. The van der Waals surface area contributed by atoms with Crippen LogP contribution in [0.5, 0.6) is 5.75 Å². The van der Waals surface area contributed by atoms with Crippen molar-refractivity contribution in [2.45, 2.75) is 24.8 Å². The number of carbonyl (C=O) groups excluding carboxylic acids is 2. The lowest BCUT2D eigenvalue weighted by molar-refractivity contribution is -0.145. The molecule has 2 amide bonds. The van der Waals surface area contributed by atoms with Gasteiger partial charge in [0.2, 0.25) is 11.8 Å². The number of aromatic nitrogens is 2. The maximum Gasteiger partial charge on any atom is 0.250 e. The summed E-state index contributed by atoms with van der Waals surface area (Å²) in [6, 6.07) is 9.45. The topological polar surface area (TPSA) is 67.7 Å². The Morgan fingerprint density at radius 1 is 1.26 bits per heavy atom. The van der Waals surface area contributed by atoms with Crippen LogP contribution in [0.4, 0.5) is 0 Å². The van der Waals surface area contributed by atoms with Gasteiger partial charge in [0.1, 0.15) is 11.3 Å². The van der Waals surface area contributed by atoms with Crippen molar-refractivity contribution in [1.29, 1.82) is 0 Å². The average Bonchev–Trinajstić information content (AvgIpc) is 3.23. The minimum atomic E-state index is -0.797. The molecule has 0 bridgehead atoms. The molecule has 1 aromatic carbocycles. The number of rotatable bonds is 6. The fraction of sp³-hybridized carbons (Fsp3) is 0.450. The van der Waals surface area contributed by atoms with Gasteiger partial charge in [0.15, 0.2) is 0 Å². The third-order valence-electron chi connectivity index (χ3n) is 4.95. The molecule has 1 aliphatic rings. The molecule has 144 valence electrons. The van der Waals surface area contributed by atoms with E-state index in [1.165, 1.54) is 0 Å². The van der Waals surface area contributed by atoms with Gasteiger partial charge in [0.25, 0.3) is 0 Å². The van der Waals surface area contributed by atoms with E-state index in [9.17, 15) is 9.59 Å². The van der Waals surface area contributed by atoms with Crippen molar-refractivity contribution in [3.8, 4) is 5.75 Å². The summed E-state index contributed by atoms with van der Waals surface area (Å²) in [4.78, 5) is 33.2. The summed E-state index contributed by atoms with van der Waals surface area (Å²) in [5.74, 6) is 0.736. The summed E-state index contributed by atoms with van der Waals surface area (Å²) in [6.07, 6.45) is 6.86. The van der Waals surface area contributed by atoms with Gasteiger partial charge in [-0.15, -0.1) is 0 Å². The third-order valence-corrected chi connectivity index (χ3v) is 4.95. The molecule has 0 aliphatic carbocycles. The Morgan fingerprint density at radius 2 is 2.04 bits per heavy atom. The molecule has 1 aliphatic heterocycles. The van der Waals surface area contributed by atoms with Gasteiger partial charge in [-0.05, 0) is 25.0 Å². The second-order valence-electron chi connectivity index (χ2n) is 7.03. The highest BCUT2D eigenvalue weighted by molar-refractivity contribution is 5.86. The molecule has 0 spiro atoms. The Balaban J connectivity index is 1.67. The van der Waals surface area contributed by atoms with Crippen molar-refractivity contribution >= 4 is 11.8 Å². The highest BCUT2D eigenvalue weighted by Gasteiger charge is 2.45. The number of benzene rings is 1. The monoisotopic (exact) mass is 370 g/mol. The Labute approximate surface area is 159 Å². The molecule has 0 saturated carbocycles. The lowest BCUT2D eigenvalue weighted by Gasteiger charge is -2.43. The van der Waals surface area contributed by atoms with Gasteiger partial charge >= 0.3 is 0 Å². The van der Waals surface area contributed by atoms with Crippen LogP contribution in [0, 0.1) is 0 Å². The molecular weight excluding hydrogens is 344 g/mol. The van der Waals surface area contributed by atoms with Crippen molar-refractivity contribution in [3.05, 3.63) is 49.1 Å². The highest BCUT2D eigenvalue weighted by atomic mass is 16.5. The fourth-order valence-corrected chi connectivity index (χ4v) is 3.60. The number of para-hydroxylation sites is 1. The quantitative estimate of drug-likeness (QED) is 0.777. The number of likely N-dealkylation sites (N-methyl/N-ethyl adjacent to an activating group) is 1. The van der Waals surface area contributed by atoms with E-state index >= 15 is 0 Å². The second kappa shape index (κ2) is 8.24. The molecule has 3 rings (SSSR count). The van der Waals surface area contributed by atoms with Gasteiger partial charge < -0.3 is 19.1 Å². The van der Waals surface area contributed by atoms with Crippen molar-refractivity contribution in [3.63, 3.8) is 0 Å². The lowest BCUT2D eigenvalue weighted by Crippen LogP contribution is -2.58. The van der Waals surface area contributed by atoms with E-state index in [2.05, 4.69) is 4.98 Å².